The molecule has 0 saturated heterocycles. The molecule has 1 aromatic heterocycles. The average Bonchev–Trinajstić information content (AvgIpc) is 2.95. The van der Waals surface area contributed by atoms with E-state index in [0.29, 0.717) is 11.5 Å². The van der Waals surface area contributed by atoms with Gasteiger partial charge in [0.05, 0.1) is 0 Å². The van der Waals surface area contributed by atoms with E-state index in [1.807, 2.05) is 36.4 Å². The maximum absolute atomic E-state index is 13.8. The summed E-state index contributed by atoms with van der Waals surface area (Å²) in [6.45, 7) is 0. The van der Waals surface area contributed by atoms with E-state index in [-0.39, 0.29) is 5.82 Å². The lowest BCUT2D eigenvalue weighted by atomic mass is 10.2. The summed E-state index contributed by atoms with van der Waals surface area (Å²) < 4.78 is 15.1. The second-order valence-corrected chi connectivity index (χ2v) is 4.14. The smallest absolute Gasteiger partial charge is 0.180 e. The van der Waals surface area contributed by atoms with Gasteiger partial charge in [-0.3, -0.25) is 0 Å². The topological polar surface area (TPSA) is 43.6 Å². The van der Waals surface area contributed by atoms with Gasteiger partial charge < -0.3 is 0 Å². The summed E-state index contributed by atoms with van der Waals surface area (Å²) in [6.07, 6.45) is 3.63. The lowest BCUT2D eigenvalue weighted by Crippen LogP contribution is -2.02. The zero-order valence-corrected chi connectivity index (χ0v) is 10.5. The first-order valence-electron chi connectivity index (χ1n) is 6.11. The van der Waals surface area contributed by atoms with Gasteiger partial charge >= 0.3 is 0 Å². The summed E-state index contributed by atoms with van der Waals surface area (Å²) in [6, 6.07) is 16.1. The molecule has 0 atom stereocenters. The molecular formula is C15H11FN4. The molecule has 1 heterocycles. The fourth-order valence-corrected chi connectivity index (χ4v) is 1.83. The molecule has 0 aliphatic heterocycles. The summed E-state index contributed by atoms with van der Waals surface area (Å²) in [7, 11) is 0. The van der Waals surface area contributed by atoms with Gasteiger partial charge in [-0.1, -0.05) is 48.5 Å². The van der Waals surface area contributed by atoms with Gasteiger partial charge in [0.25, 0.3) is 0 Å². The summed E-state index contributed by atoms with van der Waals surface area (Å²) in [4.78, 5) is 0. The first-order chi connectivity index (χ1) is 9.84. The normalized spacial score (nSPS) is 11.1. The summed E-state index contributed by atoms with van der Waals surface area (Å²) >= 11 is 0. The zero-order chi connectivity index (χ0) is 13.8. The Bertz CT molecular complexity index is 734. The highest BCUT2D eigenvalue weighted by molar-refractivity contribution is 5.67. The fraction of sp³-hybridized carbons (Fsp3) is 0. The third-order valence-corrected chi connectivity index (χ3v) is 2.80. The maximum atomic E-state index is 13.8. The van der Waals surface area contributed by atoms with E-state index in [4.69, 9.17) is 0 Å². The number of tetrazole rings is 1. The predicted octanol–water partition coefficient (Wildman–Crippen LogP) is 2.97. The Morgan fingerprint density at radius 3 is 2.45 bits per heavy atom. The molecule has 0 amide bonds. The van der Waals surface area contributed by atoms with E-state index >= 15 is 0 Å². The van der Waals surface area contributed by atoms with E-state index in [0.717, 1.165) is 5.56 Å². The van der Waals surface area contributed by atoms with Crippen molar-refractivity contribution >= 4 is 12.2 Å². The molecule has 0 saturated carbocycles. The lowest BCUT2D eigenvalue weighted by molar-refractivity contribution is 0.606. The number of hydrogen-bond acceptors (Lipinski definition) is 3. The van der Waals surface area contributed by atoms with Gasteiger partial charge in [-0.2, -0.15) is 4.68 Å². The van der Waals surface area contributed by atoms with Gasteiger partial charge in [0.15, 0.2) is 5.82 Å². The number of hydrogen-bond donors (Lipinski definition) is 0. The highest BCUT2D eigenvalue weighted by Crippen LogP contribution is 2.14. The Balaban J connectivity index is 1.96. The van der Waals surface area contributed by atoms with Crippen molar-refractivity contribution in [2.45, 2.75) is 0 Å². The largest absolute Gasteiger partial charge is 0.205 e. The van der Waals surface area contributed by atoms with Crippen LogP contribution in [0, 0.1) is 5.82 Å². The molecule has 0 aliphatic rings. The number of nitrogens with zero attached hydrogens (tertiary/aromatic N) is 4. The van der Waals surface area contributed by atoms with Crippen LogP contribution in [0.1, 0.15) is 11.4 Å². The number of aromatic nitrogens is 4. The molecule has 20 heavy (non-hydrogen) atoms. The molecule has 2 aromatic carbocycles. The van der Waals surface area contributed by atoms with Crippen LogP contribution in [0.2, 0.25) is 0 Å². The maximum Gasteiger partial charge on any atom is 0.180 e. The quantitative estimate of drug-likeness (QED) is 0.732. The Morgan fingerprint density at radius 1 is 0.900 bits per heavy atom. The Hall–Kier alpha value is -2.82. The van der Waals surface area contributed by atoms with Crippen LogP contribution >= 0.6 is 0 Å². The fourth-order valence-electron chi connectivity index (χ4n) is 1.83. The second-order valence-electron chi connectivity index (χ2n) is 4.14. The molecule has 0 unspecified atom stereocenters. The molecule has 3 rings (SSSR count). The standard InChI is InChI=1S/C15H11FN4/c16-13-8-4-5-9-14(13)20-15(17-18-19-20)11-10-12-6-2-1-3-7-12/h1-11H/b11-10+. The Labute approximate surface area is 115 Å². The van der Waals surface area contributed by atoms with Gasteiger partial charge in [0, 0.05) is 0 Å². The molecule has 5 heteroatoms. The average molecular weight is 266 g/mol. The molecule has 98 valence electrons. The first-order valence-corrected chi connectivity index (χ1v) is 6.11. The van der Waals surface area contributed by atoms with Crippen molar-refractivity contribution in [2.75, 3.05) is 0 Å². The van der Waals surface area contributed by atoms with Crippen molar-refractivity contribution in [3.8, 4) is 5.69 Å². The second kappa shape index (κ2) is 5.44. The van der Waals surface area contributed by atoms with Crippen molar-refractivity contribution in [1.29, 1.82) is 0 Å². The third-order valence-electron chi connectivity index (χ3n) is 2.80. The van der Waals surface area contributed by atoms with E-state index < -0.39 is 0 Å². The van der Waals surface area contributed by atoms with E-state index in [1.54, 1.807) is 24.3 Å². The molecule has 0 bridgehead atoms. The van der Waals surface area contributed by atoms with E-state index in [1.165, 1.54) is 10.7 Å². The minimum Gasteiger partial charge on any atom is -0.205 e. The van der Waals surface area contributed by atoms with Gasteiger partial charge in [-0.15, -0.1) is 5.10 Å². The molecule has 0 N–H and O–H groups in total. The van der Waals surface area contributed by atoms with E-state index in [9.17, 15) is 4.39 Å². The summed E-state index contributed by atoms with van der Waals surface area (Å²) in [5.74, 6) is 0.105. The SMILES string of the molecule is Fc1ccccc1-n1nnnc1/C=C/c1ccccc1. The third kappa shape index (κ3) is 2.47. The minimum absolute atomic E-state index is 0.324. The first kappa shape index (κ1) is 12.2. The number of rotatable bonds is 3. The number of para-hydroxylation sites is 1. The van der Waals surface area contributed by atoms with Gasteiger partial charge in [-0.05, 0) is 34.2 Å². The molecular weight excluding hydrogens is 255 g/mol. The van der Waals surface area contributed by atoms with Gasteiger partial charge in [-0.25, -0.2) is 4.39 Å². The highest BCUT2D eigenvalue weighted by Gasteiger charge is 2.09. The van der Waals surface area contributed by atoms with Crippen molar-refractivity contribution < 1.29 is 4.39 Å². The van der Waals surface area contributed by atoms with Crippen molar-refractivity contribution in [1.82, 2.24) is 20.2 Å². The highest BCUT2D eigenvalue weighted by atomic mass is 19.1. The van der Waals surface area contributed by atoms with Gasteiger partial charge in [0.1, 0.15) is 11.5 Å². The van der Waals surface area contributed by atoms with Crippen LogP contribution in [0.4, 0.5) is 4.39 Å². The predicted molar refractivity (Wildman–Crippen MR) is 74.5 cm³/mol. The molecule has 0 aliphatic carbocycles. The summed E-state index contributed by atoms with van der Waals surface area (Å²) in [5.41, 5.74) is 1.35. The molecule has 0 radical (unpaired) electrons. The van der Waals surface area contributed by atoms with Gasteiger partial charge in [0.2, 0.25) is 0 Å². The Kier molecular flexibility index (Phi) is 3.33. The van der Waals surface area contributed by atoms with Crippen LogP contribution in [-0.2, 0) is 0 Å². The monoisotopic (exact) mass is 266 g/mol. The summed E-state index contributed by atoms with van der Waals surface area (Å²) in [5, 5.41) is 11.3. The number of halogens is 1. The lowest BCUT2D eigenvalue weighted by Gasteiger charge is -2.02. The molecule has 3 aromatic rings. The molecule has 0 fully saturated rings. The number of benzene rings is 2. The van der Waals surface area contributed by atoms with Crippen LogP contribution in [0.3, 0.4) is 0 Å². The van der Waals surface area contributed by atoms with Crippen molar-refractivity contribution in [3.63, 3.8) is 0 Å². The van der Waals surface area contributed by atoms with Crippen LogP contribution < -0.4 is 0 Å². The van der Waals surface area contributed by atoms with Crippen LogP contribution in [0.15, 0.2) is 54.6 Å². The minimum atomic E-state index is -0.367. The van der Waals surface area contributed by atoms with Crippen LogP contribution in [0.5, 0.6) is 0 Å². The van der Waals surface area contributed by atoms with Crippen molar-refractivity contribution in [3.05, 3.63) is 71.8 Å². The van der Waals surface area contributed by atoms with Crippen molar-refractivity contribution in [2.24, 2.45) is 0 Å². The van der Waals surface area contributed by atoms with E-state index in [2.05, 4.69) is 15.5 Å². The molecule has 4 nitrogen and oxygen atoms in total. The zero-order valence-electron chi connectivity index (χ0n) is 10.5. The van der Waals surface area contributed by atoms with Crippen LogP contribution in [0.25, 0.3) is 17.8 Å². The van der Waals surface area contributed by atoms with Crippen LogP contribution in [-0.4, -0.2) is 20.2 Å². The molecule has 0 spiro atoms. The Morgan fingerprint density at radius 2 is 1.65 bits per heavy atom.